The fourth-order valence-electron chi connectivity index (χ4n) is 2.67. The molecule has 0 aliphatic carbocycles. The van der Waals surface area contributed by atoms with Gasteiger partial charge >= 0.3 is 0 Å². The summed E-state index contributed by atoms with van der Waals surface area (Å²) in [7, 11) is 0. The van der Waals surface area contributed by atoms with Crippen molar-refractivity contribution in [3.63, 3.8) is 0 Å². The molecule has 3 nitrogen and oxygen atoms in total. The van der Waals surface area contributed by atoms with E-state index in [0.717, 1.165) is 43.5 Å². The summed E-state index contributed by atoms with van der Waals surface area (Å²) in [5.74, 6) is 0. The van der Waals surface area contributed by atoms with Crippen molar-refractivity contribution in [3.8, 4) is 0 Å². The SMILES string of the molecule is CC[NH+](CC)CCN(Cc1cccs1)C(=S)Nc1cccc(C)c1. The number of nitrogens with one attached hydrogen (secondary N) is 2. The fraction of sp³-hybridized carbons (Fsp3) is 0.421. The monoisotopic (exact) mass is 362 g/mol. The van der Waals surface area contributed by atoms with Crippen molar-refractivity contribution in [2.45, 2.75) is 27.3 Å². The third kappa shape index (κ3) is 5.89. The minimum Gasteiger partial charge on any atom is -0.338 e. The van der Waals surface area contributed by atoms with E-state index in [-0.39, 0.29) is 0 Å². The molecular weight excluding hydrogens is 334 g/mol. The minimum atomic E-state index is 0.806. The van der Waals surface area contributed by atoms with E-state index >= 15 is 0 Å². The van der Waals surface area contributed by atoms with Crippen LogP contribution >= 0.6 is 23.6 Å². The maximum absolute atomic E-state index is 5.71. The van der Waals surface area contributed by atoms with Crippen molar-refractivity contribution < 1.29 is 4.90 Å². The summed E-state index contributed by atoms with van der Waals surface area (Å²) in [6.45, 7) is 11.8. The quantitative estimate of drug-likeness (QED) is 0.704. The predicted molar refractivity (Wildman–Crippen MR) is 109 cm³/mol. The molecule has 0 saturated heterocycles. The molecule has 0 amide bonds. The van der Waals surface area contributed by atoms with Crippen LogP contribution in [0.2, 0.25) is 0 Å². The van der Waals surface area contributed by atoms with Crippen LogP contribution in [0.3, 0.4) is 0 Å². The van der Waals surface area contributed by atoms with Crippen molar-refractivity contribution >= 4 is 34.4 Å². The third-order valence-corrected chi connectivity index (χ3v) is 5.44. The zero-order valence-corrected chi connectivity index (χ0v) is 16.5. The first-order chi connectivity index (χ1) is 11.6. The second kappa shape index (κ2) is 9.77. The van der Waals surface area contributed by atoms with Gasteiger partial charge in [-0.3, -0.25) is 0 Å². The van der Waals surface area contributed by atoms with Gasteiger partial charge in [-0.1, -0.05) is 18.2 Å². The Bertz CT molecular complexity index is 621. The zero-order valence-electron chi connectivity index (χ0n) is 14.8. The Morgan fingerprint density at radius 2 is 2.00 bits per heavy atom. The minimum absolute atomic E-state index is 0.806. The molecule has 0 fully saturated rings. The summed E-state index contributed by atoms with van der Waals surface area (Å²) in [5.41, 5.74) is 2.30. The first-order valence-electron chi connectivity index (χ1n) is 8.61. The van der Waals surface area contributed by atoms with Gasteiger partial charge in [-0.05, 0) is 62.1 Å². The van der Waals surface area contributed by atoms with Crippen LogP contribution in [0.15, 0.2) is 41.8 Å². The van der Waals surface area contributed by atoms with E-state index in [1.54, 1.807) is 16.2 Å². The fourth-order valence-corrected chi connectivity index (χ4v) is 3.66. The highest BCUT2D eigenvalue weighted by molar-refractivity contribution is 7.80. The maximum atomic E-state index is 5.71. The van der Waals surface area contributed by atoms with Crippen LogP contribution in [-0.4, -0.2) is 36.2 Å². The molecule has 0 bridgehead atoms. The van der Waals surface area contributed by atoms with E-state index < -0.39 is 0 Å². The highest BCUT2D eigenvalue weighted by atomic mass is 32.1. The van der Waals surface area contributed by atoms with Crippen molar-refractivity contribution in [1.82, 2.24) is 4.90 Å². The van der Waals surface area contributed by atoms with E-state index in [9.17, 15) is 0 Å². The summed E-state index contributed by atoms with van der Waals surface area (Å²) in [4.78, 5) is 5.23. The molecule has 24 heavy (non-hydrogen) atoms. The number of thiophene rings is 1. The molecule has 1 heterocycles. The van der Waals surface area contributed by atoms with Gasteiger partial charge in [0, 0.05) is 10.6 Å². The Balaban J connectivity index is 2.03. The Morgan fingerprint density at radius 3 is 2.62 bits per heavy atom. The number of rotatable bonds is 8. The molecule has 0 aliphatic heterocycles. The molecule has 2 rings (SSSR count). The Kier molecular flexibility index (Phi) is 7.69. The molecule has 0 radical (unpaired) electrons. The van der Waals surface area contributed by atoms with Crippen LogP contribution in [-0.2, 0) is 6.54 Å². The highest BCUT2D eigenvalue weighted by Gasteiger charge is 2.14. The lowest BCUT2D eigenvalue weighted by atomic mass is 10.2. The van der Waals surface area contributed by atoms with Crippen LogP contribution in [0.1, 0.15) is 24.3 Å². The number of anilines is 1. The first-order valence-corrected chi connectivity index (χ1v) is 9.89. The summed E-state index contributed by atoms with van der Waals surface area (Å²) >= 11 is 7.50. The van der Waals surface area contributed by atoms with Crippen LogP contribution in [0, 0.1) is 6.92 Å². The zero-order chi connectivity index (χ0) is 17.4. The molecular formula is C19H28N3S2+. The number of hydrogen-bond acceptors (Lipinski definition) is 2. The molecule has 2 aromatic rings. The molecule has 2 N–H and O–H groups in total. The second-order valence-corrected chi connectivity index (χ2v) is 7.43. The number of hydrogen-bond donors (Lipinski definition) is 2. The summed E-state index contributed by atoms with van der Waals surface area (Å²) in [5, 5.41) is 6.34. The lowest BCUT2D eigenvalue weighted by molar-refractivity contribution is -0.895. The van der Waals surface area contributed by atoms with E-state index in [4.69, 9.17) is 12.2 Å². The number of benzene rings is 1. The lowest BCUT2D eigenvalue weighted by Crippen LogP contribution is -3.12. The van der Waals surface area contributed by atoms with Gasteiger partial charge in [-0.2, -0.15) is 0 Å². The molecule has 0 atom stereocenters. The highest BCUT2D eigenvalue weighted by Crippen LogP contribution is 2.14. The van der Waals surface area contributed by atoms with Crippen LogP contribution in [0.5, 0.6) is 0 Å². The molecule has 0 spiro atoms. The van der Waals surface area contributed by atoms with E-state index in [1.807, 2.05) is 0 Å². The van der Waals surface area contributed by atoms with Gasteiger partial charge in [0.15, 0.2) is 5.11 Å². The van der Waals surface area contributed by atoms with Crippen LogP contribution < -0.4 is 10.2 Å². The molecule has 1 aromatic heterocycles. The van der Waals surface area contributed by atoms with Crippen molar-refractivity contribution in [1.29, 1.82) is 0 Å². The van der Waals surface area contributed by atoms with Gasteiger partial charge in [0.1, 0.15) is 0 Å². The second-order valence-electron chi connectivity index (χ2n) is 6.01. The number of likely N-dealkylation sites (N-methyl/N-ethyl adjacent to an activating group) is 1. The summed E-state index contributed by atoms with van der Waals surface area (Å²) < 4.78 is 0. The van der Waals surface area contributed by atoms with E-state index in [0.29, 0.717) is 0 Å². The molecule has 0 saturated carbocycles. The Hall–Kier alpha value is -1.43. The topological polar surface area (TPSA) is 19.7 Å². The molecule has 130 valence electrons. The van der Waals surface area contributed by atoms with Crippen molar-refractivity contribution in [2.24, 2.45) is 0 Å². The number of nitrogens with zero attached hydrogens (tertiary/aromatic N) is 1. The van der Waals surface area contributed by atoms with E-state index in [2.05, 4.69) is 72.8 Å². The number of quaternary nitrogens is 1. The third-order valence-electron chi connectivity index (χ3n) is 4.22. The lowest BCUT2D eigenvalue weighted by Gasteiger charge is -2.27. The first kappa shape index (κ1) is 18.9. The van der Waals surface area contributed by atoms with Gasteiger partial charge in [0.05, 0.1) is 32.7 Å². The Labute approximate surface area is 155 Å². The van der Waals surface area contributed by atoms with E-state index in [1.165, 1.54) is 10.4 Å². The van der Waals surface area contributed by atoms with Gasteiger partial charge in [-0.25, -0.2) is 0 Å². The van der Waals surface area contributed by atoms with Gasteiger partial charge in [0.2, 0.25) is 0 Å². The molecule has 0 aliphatic rings. The summed E-state index contributed by atoms with van der Waals surface area (Å²) in [6.07, 6.45) is 0. The standard InChI is InChI=1S/C19H27N3S2/c1-4-21(5-2)11-12-22(15-18-10-7-13-24-18)19(23)20-17-9-6-8-16(3)14-17/h6-10,13-14H,4-5,11-12,15H2,1-3H3,(H,20,23)/p+1. The normalized spacial score (nSPS) is 10.8. The van der Waals surface area contributed by atoms with Crippen LogP contribution in [0.25, 0.3) is 0 Å². The average Bonchev–Trinajstić information content (AvgIpc) is 3.07. The van der Waals surface area contributed by atoms with Crippen molar-refractivity contribution in [3.05, 3.63) is 52.2 Å². The number of thiocarbonyl (C=S) groups is 1. The largest absolute Gasteiger partial charge is 0.338 e. The van der Waals surface area contributed by atoms with Gasteiger partial charge in [0.25, 0.3) is 0 Å². The molecule has 1 aromatic carbocycles. The molecule has 5 heteroatoms. The van der Waals surface area contributed by atoms with Gasteiger partial charge < -0.3 is 15.1 Å². The van der Waals surface area contributed by atoms with Crippen LogP contribution in [0.4, 0.5) is 5.69 Å². The molecule has 0 unspecified atom stereocenters. The smallest absolute Gasteiger partial charge is 0.173 e. The average molecular weight is 363 g/mol. The van der Waals surface area contributed by atoms with Gasteiger partial charge in [-0.15, -0.1) is 11.3 Å². The maximum Gasteiger partial charge on any atom is 0.173 e. The van der Waals surface area contributed by atoms with Crippen molar-refractivity contribution in [2.75, 3.05) is 31.5 Å². The summed E-state index contributed by atoms with van der Waals surface area (Å²) in [6, 6.07) is 12.6. The number of aryl methyl sites for hydroxylation is 1. The predicted octanol–water partition coefficient (Wildman–Crippen LogP) is 3.18. The Morgan fingerprint density at radius 1 is 1.21 bits per heavy atom.